The maximum absolute atomic E-state index is 6.40. The van der Waals surface area contributed by atoms with Crippen molar-refractivity contribution in [3.63, 3.8) is 0 Å². The van der Waals surface area contributed by atoms with Crippen LogP contribution in [-0.4, -0.2) is 64.7 Å². The lowest BCUT2D eigenvalue weighted by molar-refractivity contribution is 0.0404. The van der Waals surface area contributed by atoms with Gasteiger partial charge in [-0.3, -0.25) is 9.80 Å². The van der Waals surface area contributed by atoms with Crippen molar-refractivity contribution in [1.82, 2.24) is 24.7 Å². The van der Waals surface area contributed by atoms with Crippen LogP contribution in [0.15, 0.2) is 0 Å². The largest absolute Gasteiger partial charge is 0.333 e. The van der Waals surface area contributed by atoms with E-state index in [1.54, 1.807) is 0 Å². The number of likely N-dealkylation sites (N-methyl/N-ethyl adjacent to an activating group) is 1. The number of rotatable bonds is 4. The van der Waals surface area contributed by atoms with Crippen LogP contribution < -0.4 is 5.32 Å². The zero-order valence-corrected chi connectivity index (χ0v) is 15.5. The lowest BCUT2D eigenvalue weighted by Gasteiger charge is -2.44. The molecule has 1 aliphatic heterocycles. The molecule has 0 saturated carbocycles. The van der Waals surface area contributed by atoms with Crippen LogP contribution in [0.5, 0.6) is 0 Å². The first-order valence-corrected chi connectivity index (χ1v) is 8.46. The molecule has 0 amide bonds. The van der Waals surface area contributed by atoms with Gasteiger partial charge in [-0.25, -0.2) is 4.98 Å². The van der Waals surface area contributed by atoms with Crippen molar-refractivity contribution < 1.29 is 0 Å². The molecule has 22 heavy (non-hydrogen) atoms. The second kappa shape index (κ2) is 6.87. The number of piperazine rings is 1. The van der Waals surface area contributed by atoms with Crippen LogP contribution in [0.25, 0.3) is 0 Å². The maximum atomic E-state index is 6.40. The molecular formula is C16H30ClN5. The van der Waals surface area contributed by atoms with Crippen molar-refractivity contribution in [3.05, 3.63) is 16.7 Å². The van der Waals surface area contributed by atoms with Crippen molar-refractivity contribution >= 4 is 11.6 Å². The van der Waals surface area contributed by atoms with Crippen molar-refractivity contribution in [2.75, 3.05) is 39.8 Å². The number of hydrogen-bond donors (Lipinski definition) is 1. The summed E-state index contributed by atoms with van der Waals surface area (Å²) in [7, 11) is 4.05. The van der Waals surface area contributed by atoms with Gasteiger partial charge in [0.15, 0.2) is 5.15 Å². The average molecular weight is 328 g/mol. The van der Waals surface area contributed by atoms with E-state index in [-0.39, 0.29) is 11.6 Å². The summed E-state index contributed by atoms with van der Waals surface area (Å²) in [6.07, 6.45) is 0. The highest BCUT2D eigenvalue weighted by molar-refractivity contribution is 6.30. The monoisotopic (exact) mass is 327 g/mol. The Morgan fingerprint density at radius 3 is 2.23 bits per heavy atom. The van der Waals surface area contributed by atoms with E-state index in [1.807, 2.05) is 14.0 Å². The topological polar surface area (TPSA) is 36.3 Å². The number of imidazole rings is 1. The highest BCUT2D eigenvalue weighted by atomic mass is 35.5. The molecule has 0 aliphatic carbocycles. The predicted molar refractivity (Wildman–Crippen MR) is 92.5 cm³/mol. The molecule has 2 rings (SSSR count). The first-order valence-electron chi connectivity index (χ1n) is 8.08. The van der Waals surface area contributed by atoms with Gasteiger partial charge in [-0.05, 0) is 34.7 Å². The molecule has 1 atom stereocenters. The Hall–Kier alpha value is -0.620. The van der Waals surface area contributed by atoms with E-state index in [2.05, 4.69) is 52.5 Å². The normalized spacial score (nSPS) is 19.6. The number of nitrogens with one attached hydrogen (secondary N) is 1. The fourth-order valence-corrected chi connectivity index (χ4v) is 3.62. The maximum Gasteiger partial charge on any atom is 0.152 e. The fourth-order valence-electron chi connectivity index (χ4n) is 3.24. The summed E-state index contributed by atoms with van der Waals surface area (Å²) < 4.78 is 2.13. The summed E-state index contributed by atoms with van der Waals surface area (Å²) in [5.41, 5.74) is 1.36. The molecule has 0 spiro atoms. The quantitative estimate of drug-likeness (QED) is 0.918. The molecule has 2 heterocycles. The third-order valence-corrected chi connectivity index (χ3v) is 5.01. The smallest absolute Gasteiger partial charge is 0.152 e. The molecule has 1 N–H and O–H groups in total. The van der Waals surface area contributed by atoms with Gasteiger partial charge in [-0.2, -0.15) is 0 Å². The van der Waals surface area contributed by atoms with Gasteiger partial charge in [-0.1, -0.05) is 11.6 Å². The third kappa shape index (κ3) is 3.65. The zero-order chi connectivity index (χ0) is 16.5. The summed E-state index contributed by atoms with van der Waals surface area (Å²) in [6.45, 7) is 14.1. The third-order valence-electron chi connectivity index (χ3n) is 4.73. The standard InChI is InChI=1S/C16H30ClN5/c1-12-19-15(17)14(20(12)6)13(11-18-5)21-7-9-22(10-8-21)16(2,3)4/h13,18H,7-11H2,1-6H3. The van der Waals surface area contributed by atoms with Gasteiger partial charge < -0.3 is 9.88 Å². The van der Waals surface area contributed by atoms with E-state index in [0.717, 1.165) is 44.2 Å². The van der Waals surface area contributed by atoms with Gasteiger partial charge in [0.2, 0.25) is 0 Å². The fraction of sp³-hybridized carbons (Fsp3) is 0.812. The molecule has 126 valence electrons. The Morgan fingerprint density at radius 1 is 1.23 bits per heavy atom. The number of hydrogen-bond acceptors (Lipinski definition) is 4. The van der Waals surface area contributed by atoms with E-state index in [9.17, 15) is 0 Å². The Balaban J connectivity index is 2.16. The molecule has 1 aromatic heterocycles. The van der Waals surface area contributed by atoms with E-state index in [4.69, 9.17) is 11.6 Å². The molecule has 1 aliphatic rings. The zero-order valence-electron chi connectivity index (χ0n) is 14.8. The van der Waals surface area contributed by atoms with E-state index >= 15 is 0 Å². The molecule has 0 radical (unpaired) electrons. The van der Waals surface area contributed by atoms with Crippen LogP contribution in [0.3, 0.4) is 0 Å². The summed E-state index contributed by atoms with van der Waals surface area (Å²) in [5, 5.41) is 3.95. The summed E-state index contributed by atoms with van der Waals surface area (Å²) in [6, 6.07) is 0.269. The molecule has 0 bridgehead atoms. The van der Waals surface area contributed by atoms with Gasteiger partial charge in [0, 0.05) is 45.3 Å². The van der Waals surface area contributed by atoms with Gasteiger partial charge in [0.1, 0.15) is 5.82 Å². The lowest BCUT2D eigenvalue weighted by atomic mass is 10.0. The van der Waals surface area contributed by atoms with Crippen LogP contribution in [0.2, 0.25) is 5.15 Å². The van der Waals surface area contributed by atoms with Crippen molar-refractivity contribution in [2.24, 2.45) is 7.05 Å². The highest BCUT2D eigenvalue weighted by Crippen LogP contribution is 2.29. The molecule has 1 aromatic rings. The number of aryl methyl sites for hydroxylation is 1. The number of nitrogens with zero attached hydrogens (tertiary/aromatic N) is 4. The Kier molecular flexibility index (Phi) is 5.54. The number of aromatic nitrogens is 2. The number of halogens is 1. The van der Waals surface area contributed by atoms with Crippen LogP contribution in [0.1, 0.15) is 38.3 Å². The second-order valence-corrected chi connectivity index (χ2v) is 7.52. The van der Waals surface area contributed by atoms with E-state index in [0.29, 0.717) is 5.15 Å². The second-order valence-electron chi connectivity index (χ2n) is 7.16. The lowest BCUT2D eigenvalue weighted by Crippen LogP contribution is -2.55. The first kappa shape index (κ1) is 17.7. The van der Waals surface area contributed by atoms with E-state index < -0.39 is 0 Å². The molecule has 6 heteroatoms. The van der Waals surface area contributed by atoms with Gasteiger partial charge in [0.05, 0.1) is 11.7 Å². The van der Waals surface area contributed by atoms with Crippen LogP contribution in [-0.2, 0) is 7.05 Å². The van der Waals surface area contributed by atoms with Gasteiger partial charge >= 0.3 is 0 Å². The van der Waals surface area contributed by atoms with Crippen molar-refractivity contribution in [1.29, 1.82) is 0 Å². The SMILES string of the molecule is CNCC(c1c(Cl)nc(C)n1C)N1CCN(C(C)(C)C)CC1. The summed E-state index contributed by atoms with van der Waals surface area (Å²) >= 11 is 6.40. The molecule has 0 aromatic carbocycles. The van der Waals surface area contributed by atoms with Crippen LogP contribution in [0.4, 0.5) is 0 Å². The first-order chi connectivity index (χ1) is 10.3. The van der Waals surface area contributed by atoms with E-state index in [1.165, 1.54) is 0 Å². The van der Waals surface area contributed by atoms with Crippen molar-refractivity contribution in [3.8, 4) is 0 Å². The summed E-state index contributed by atoms with van der Waals surface area (Å²) in [5.74, 6) is 0.967. The Labute approximate surface area is 139 Å². The van der Waals surface area contributed by atoms with Gasteiger partial charge in [-0.15, -0.1) is 0 Å². The molecule has 5 nitrogen and oxygen atoms in total. The molecule has 1 unspecified atom stereocenters. The Bertz CT molecular complexity index is 497. The van der Waals surface area contributed by atoms with Gasteiger partial charge in [0.25, 0.3) is 0 Å². The predicted octanol–water partition coefficient (Wildman–Crippen LogP) is 2.06. The van der Waals surface area contributed by atoms with Crippen LogP contribution >= 0.6 is 11.6 Å². The molecular weight excluding hydrogens is 298 g/mol. The Morgan fingerprint density at radius 2 is 1.82 bits per heavy atom. The average Bonchev–Trinajstić information content (AvgIpc) is 2.69. The minimum absolute atomic E-state index is 0.241. The highest BCUT2D eigenvalue weighted by Gasteiger charge is 2.32. The molecule has 1 saturated heterocycles. The van der Waals surface area contributed by atoms with Crippen LogP contribution in [0, 0.1) is 6.92 Å². The summed E-state index contributed by atoms with van der Waals surface area (Å²) in [4.78, 5) is 9.51. The van der Waals surface area contributed by atoms with Crippen molar-refractivity contribution in [2.45, 2.75) is 39.3 Å². The minimum Gasteiger partial charge on any atom is -0.333 e. The minimum atomic E-state index is 0.241. The molecule has 1 fully saturated rings.